The topological polar surface area (TPSA) is 69.4 Å². The molecule has 0 spiro atoms. The van der Waals surface area contributed by atoms with Crippen molar-refractivity contribution in [3.63, 3.8) is 0 Å². The maximum Gasteiger partial charge on any atom is 0.209 e. The normalized spacial score (nSPS) is 12.4. The third kappa shape index (κ3) is 5.07. The van der Waals surface area contributed by atoms with Crippen molar-refractivity contribution in [2.45, 2.75) is 33.6 Å². The first-order chi connectivity index (χ1) is 9.21. The van der Waals surface area contributed by atoms with Gasteiger partial charge in [-0.3, -0.25) is 0 Å². The SMILES string of the molecule is CCC(CC)(COc1ccc(Br)cc1C)CS(N)(=O)=O. The van der Waals surface area contributed by atoms with Gasteiger partial charge in [-0.05, 0) is 43.5 Å². The Morgan fingerprint density at radius 3 is 2.35 bits per heavy atom. The lowest BCUT2D eigenvalue weighted by Gasteiger charge is -2.30. The largest absolute Gasteiger partial charge is 0.493 e. The van der Waals surface area contributed by atoms with E-state index in [9.17, 15) is 8.42 Å². The maximum absolute atomic E-state index is 11.4. The molecule has 0 amide bonds. The summed E-state index contributed by atoms with van der Waals surface area (Å²) in [5.41, 5.74) is 0.573. The second kappa shape index (κ2) is 6.91. The van der Waals surface area contributed by atoms with Crippen molar-refractivity contribution in [2.75, 3.05) is 12.4 Å². The average Bonchev–Trinajstić information content (AvgIpc) is 2.35. The van der Waals surface area contributed by atoms with Gasteiger partial charge in [0.1, 0.15) is 5.75 Å². The van der Waals surface area contributed by atoms with Gasteiger partial charge in [-0.15, -0.1) is 0 Å². The molecule has 114 valence electrons. The average molecular weight is 364 g/mol. The highest BCUT2D eigenvalue weighted by molar-refractivity contribution is 9.10. The van der Waals surface area contributed by atoms with Gasteiger partial charge >= 0.3 is 0 Å². The first kappa shape index (κ1) is 17.5. The van der Waals surface area contributed by atoms with Gasteiger partial charge in [-0.25, -0.2) is 13.6 Å². The molecule has 20 heavy (non-hydrogen) atoms. The van der Waals surface area contributed by atoms with Gasteiger partial charge in [0.25, 0.3) is 0 Å². The van der Waals surface area contributed by atoms with Crippen LogP contribution in [0.5, 0.6) is 5.75 Å². The molecule has 0 saturated carbocycles. The maximum atomic E-state index is 11.4. The molecule has 0 unspecified atom stereocenters. The van der Waals surface area contributed by atoms with Gasteiger partial charge < -0.3 is 4.74 Å². The van der Waals surface area contributed by atoms with Crippen LogP contribution in [0.1, 0.15) is 32.3 Å². The van der Waals surface area contributed by atoms with Gasteiger partial charge in [0, 0.05) is 9.89 Å². The van der Waals surface area contributed by atoms with Gasteiger partial charge in [-0.1, -0.05) is 29.8 Å². The van der Waals surface area contributed by atoms with Crippen LogP contribution < -0.4 is 9.88 Å². The molecule has 2 N–H and O–H groups in total. The fraction of sp³-hybridized carbons (Fsp3) is 0.571. The van der Waals surface area contributed by atoms with Crippen LogP contribution in [0.3, 0.4) is 0 Å². The van der Waals surface area contributed by atoms with Crippen molar-refractivity contribution in [3.05, 3.63) is 28.2 Å². The number of benzene rings is 1. The molecule has 0 saturated heterocycles. The Balaban J connectivity index is 2.86. The Morgan fingerprint density at radius 1 is 1.30 bits per heavy atom. The molecule has 0 heterocycles. The molecule has 0 aliphatic carbocycles. The minimum absolute atomic E-state index is 0.0530. The molecule has 0 atom stereocenters. The first-order valence-electron chi connectivity index (χ1n) is 6.61. The molecule has 1 aromatic carbocycles. The van der Waals surface area contributed by atoms with E-state index in [1.807, 2.05) is 39.0 Å². The zero-order chi connectivity index (χ0) is 15.4. The Morgan fingerprint density at radius 2 is 1.90 bits per heavy atom. The van der Waals surface area contributed by atoms with E-state index in [1.54, 1.807) is 0 Å². The summed E-state index contributed by atoms with van der Waals surface area (Å²) in [7, 11) is -3.51. The monoisotopic (exact) mass is 363 g/mol. The summed E-state index contributed by atoms with van der Waals surface area (Å²) in [6.07, 6.45) is 1.41. The molecule has 0 aliphatic rings. The van der Waals surface area contributed by atoms with Crippen molar-refractivity contribution in [1.82, 2.24) is 0 Å². The van der Waals surface area contributed by atoms with Crippen LogP contribution in [0.25, 0.3) is 0 Å². The Labute approximate surface area is 129 Å². The fourth-order valence-corrected chi connectivity index (χ4v) is 3.95. The van der Waals surface area contributed by atoms with E-state index in [-0.39, 0.29) is 5.75 Å². The Kier molecular flexibility index (Phi) is 6.04. The summed E-state index contributed by atoms with van der Waals surface area (Å²) >= 11 is 3.40. The van der Waals surface area contributed by atoms with Gasteiger partial charge in [0.2, 0.25) is 10.0 Å². The molecule has 0 bridgehead atoms. The smallest absolute Gasteiger partial charge is 0.209 e. The zero-order valence-electron chi connectivity index (χ0n) is 12.1. The number of hydrogen-bond acceptors (Lipinski definition) is 3. The van der Waals surface area contributed by atoms with Crippen molar-refractivity contribution in [1.29, 1.82) is 0 Å². The van der Waals surface area contributed by atoms with E-state index in [4.69, 9.17) is 9.88 Å². The van der Waals surface area contributed by atoms with Crippen LogP contribution in [0, 0.1) is 12.3 Å². The summed E-state index contributed by atoms with van der Waals surface area (Å²) in [5, 5.41) is 5.20. The number of ether oxygens (including phenoxy) is 1. The number of primary sulfonamides is 1. The lowest BCUT2D eigenvalue weighted by molar-refractivity contribution is 0.153. The van der Waals surface area contributed by atoms with Crippen LogP contribution in [0.4, 0.5) is 0 Å². The lowest BCUT2D eigenvalue weighted by Crippen LogP contribution is -2.37. The fourth-order valence-electron chi connectivity index (χ4n) is 2.13. The number of rotatable bonds is 7. The molecule has 1 rings (SSSR count). The molecule has 0 radical (unpaired) electrons. The van der Waals surface area contributed by atoms with E-state index in [2.05, 4.69) is 15.9 Å². The van der Waals surface area contributed by atoms with Gasteiger partial charge in [0.05, 0.1) is 12.4 Å². The van der Waals surface area contributed by atoms with E-state index in [1.165, 1.54) is 0 Å². The van der Waals surface area contributed by atoms with Crippen LogP contribution >= 0.6 is 15.9 Å². The predicted octanol–water partition coefficient (Wildman–Crippen LogP) is 3.23. The number of hydrogen-bond donors (Lipinski definition) is 1. The molecule has 1 aromatic rings. The highest BCUT2D eigenvalue weighted by atomic mass is 79.9. The minimum Gasteiger partial charge on any atom is -0.493 e. The second-order valence-corrected chi connectivity index (χ2v) is 7.74. The summed E-state index contributed by atoms with van der Waals surface area (Å²) < 4.78 is 29.6. The van der Waals surface area contributed by atoms with Gasteiger partial charge in [-0.2, -0.15) is 0 Å². The number of sulfonamides is 1. The highest BCUT2D eigenvalue weighted by Crippen LogP contribution is 2.30. The third-order valence-electron chi connectivity index (χ3n) is 3.68. The molecular weight excluding hydrogens is 342 g/mol. The van der Waals surface area contributed by atoms with Crippen LogP contribution in [0.2, 0.25) is 0 Å². The molecule has 0 aromatic heterocycles. The van der Waals surface area contributed by atoms with Crippen molar-refractivity contribution in [3.8, 4) is 5.75 Å². The Hall–Kier alpha value is -0.590. The van der Waals surface area contributed by atoms with Crippen molar-refractivity contribution < 1.29 is 13.2 Å². The molecule has 6 heteroatoms. The highest BCUT2D eigenvalue weighted by Gasteiger charge is 2.32. The molecule has 0 aliphatic heterocycles. The van der Waals surface area contributed by atoms with Crippen molar-refractivity contribution >= 4 is 26.0 Å². The molecule has 0 fully saturated rings. The number of halogens is 1. The number of aryl methyl sites for hydroxylation is 1. The van der Waals surface area contributed by atoms with Crippen LogP contribution in [-0.2, 0) is 10.0 Å². The summed E-state index contributed by atoms with van der Waals surface area (Å²) in [6.45, 7) is 6.23. The van der Waals surface area contributed by atoms with E-state index in [0.29, 0.717) is 19.4 Å². The first-order valence-corrected chi connectivity index (χ1v) is 9.11. The predicted molar refractivity (Wildman–Crippen MR) is 85.4 cm³/mol. The third-order valence-corrected chi connectivity index (χ3v) is 5.19. The summed E-state index contributed by atoms with van der Waals surface area (Å²) in [5.74, 6) is 0.719. The molecule has 4 nitrogen and oxygen atoms in total. The van der Waals surface area contributed by atoms with Crippen LogP contribution in [-0.4, -0.2) is 20.8 Å². The van der Waals surface area contributed by atoms with E-state index in [0.717, 1.165) is 15.8 Å². The quantitative estimate of drug-likeness (QED) is 0.808. The van der Waals surface area contributed by atoms with Crippen molar-refractivity contribution in [2.24, 2.45) is 10.6 Å². The molecular formula is C14H22BrNO3S. The van der Waals surface area contributed by atoms with Crippen LogP contribution in [0.15, 0.2) is 22.7 Å². The van der Waals surface area contributed by atoms with Gasteiger partial charge in [0.15, 0.2) is 0 Å². The minimum atomic E-state index is -3.51. The number of nitrogens with two attached hydrogens (primary N) is 1. The lowest BCUT2D eigenvalue weighted by atomic mass is 9.85. The van der Waals surface area contributed by atoms with E-state index >= 15 is 0 Å². The summed E-state index contributed by atoms with van der Waals surface area (Å²) in [6, 6.07) is 5.75. The summed E-state index contributed by atoms with van der Waals surface area (Å²) in [4.78, 5) is 0. The standard InChI is InChI=1S/C14H22BrNO3S/c1-4-14(5-2,10-20(16,17)18)9-19-13-7-6-12(15)8-11(13)3/h6-8H,4-5,9-10H2,1-3H3,(H2,16,17,18). The van der Waals surface area contributed by atoms with E-state index < -0.39 is 15.4 Å². The zero-order valence-corrected chi connectivity index (χ0v) is 14.6. The second-order valence-electron chi connectivity index (χ2n) is 5.21. The Bertz CT molecular complexity index is 554.